The van der Waals surface area contributed by atoms with E-state index in [-0.39, 0.29) is 17.2 Å². The van der Waals surface area contributed by atoms with Gasteiger partial charge in [-0.05, 0) is 30.3 Å². The van der Waals surface area contributed by atoms with Crippen molar-refractivity contribution in [1.82, 2.24) is 9.97 Å². The van der Waals surface area contributed by atoms with Crippen molar-refractivity contribution in [1.29, 1.82) is 0 Å². The molecule has 0 saturated heterocycles. The highest BCUT2D eigenvalue weighted by Crippen LogP contribution is 2.22. The average Bonchev–Trinajstić information content (AvgIpc) is 2.63. The summed E-state index contributed by atoms with van der Waals surface area (Å²) in [6, 6.07) is 8.36. The van der Waals surface area contributed by atoms with Crippen molar-refractivity contribution in [2.24, 2.45) is 0 Å². The Kier molecular flexibility index (Phi) is 5.04. The maximum Gasteiger partial charge on any atom is 0.258 e. The zero-order valence-corrected chi connectivity index (χ0v) is 13.7. The Bertz CT molecular complexity index is 967. The van der Waals surface area contributed by atoms with Gasteiger partial charge in [-0.15, -0.1) is 0 Å². The van der Waals surface area contributed by atoms with E-state index in [1.807, 2.05) is 0 Å². The summed E-state index contributed by atoms with van der Waals surface area (Å²) in [7, 11) is 0. The zero-order valence-electron chi connectivity index (χ0n) is 12.9. The number of amides is 1. The molecule has 0 aliphatic heterocycles. The first kappa shape index (κ1) is 17.7. The minimum absolute atomic E-state index is 0.0887. The number of halogens is 4. The van der Waals surface area contributed by atoms with Crippen LogP contribution in [0, 0.1) is 17.5 Å². The Morgan fingerprint density at radius 1 is 1.00 bits per heavy atom. The van der Waals surface area contributed by atoms with Gasteiger partial charge in [0.1, 0.15) is 0 Å². The number of benzene rings is 2. The van der Waals surface area contributed by atoms with E-state index in [1.54, 1.807) is 24.3 Å². The lowest BCUT2D eigenvalue weighted by atomic mass is 10.2. The molecule has 0 fully saturated rings. The maximum absolute atomic E-state index is 13.6. The summed E-state index contributed by atoms with van der Waals surface area (Å²) in [6.45, 7) is 0. The monoisotopic (exact) mass is 378 g/mol. The van der Waals surface area contributed by atoms with Crippen LogP contribution >= 0.6 is 11.6 Å². The van der Waals surface area contributed by atoms with Crippen LogP contribution in [0.3, 0.4) is 0 Å². The van der Waals surface area contributed by atoms with Crippen molar-refractivity contribution in [2.75, 3.05) is 10.6 Å². The summed E-state index contributed by atoms with van der Waals surface area (Å²) < 4.78 is 39.7. The number of nitrogens with one attached hydrogen (secondary N) is 2. The van der Waals surface area contributed by atoms with Crippen LogP contribution in [0.25, 0.3) is 0 Å². The Morgan fingerprint density at radius 2 is 1.73 bits per heavy atom. The molecule has 9 heteroatoms. The summed E-state index contributed by atoms with van der Waals surface area (Å²) in [5.41, 5.74) is 0.301. The van der Waals surface area contributed by atoms with Crippen molar-refractivity contribution >= 4 is 34.8 Å². The Balaban J connectivity index is 1.72. The van der Waals surface area contributed by atoms with Gasteiger partial charge < -0.3 is 10.6 Å². The van der Waals surface area contributed by atoms with Gasteiger partial charge in [0.2, 0.25) is 5.95 Å². The summed E-state index contributed by atoms with van der Waals surface area (Å²) >= 11 is 5.84. The molecular formula is C17H10ClF3N4O. The highest BCUT2D eigenvalue weighted by molar-refractivity contribution is 6.30. The van der Waals surface area contributed by atoms with Gasteiger partial charge >= 0.3 is 0 Å². The second-order valence-electron chi connectivity index (χ2n) is 5.11. The van der Waals surface area contributed by atoms with E-state index in [0.717, 1.165) is 12.1 Å². The van der Waals surface area contributed by atoms with Crippen molar-refractivity contribution in [3.8, 4) is 0 Å². The van der Waals surface area contributed by atoms with Crippen molar-refractivity contribution in [2.45, 2.75) is 0 Å². The van der Waals surface area contributed by atoms with E-state index >= 15 is 0 Å². The fourth-order valence-corrected chi connectivity index (χ4v) is 2.21. The molecule has 0 bridgehead atoms. The molecule has 0 saturated carbocycles. The van der Waals surface area contributed by atoms with Crippen LogP contribution in [-0.4, -0.2) is 15.9 Å². The van der Waals surface area contributed by atoms with E-state index in [1.165, 1.54) is 12.4 Å². The predicted octanol–water partition coefficient (Wildman–Crippen LogP) is 4.54. The largest absolute Gasteiger partial charge is 0.322 e. The third-order valence-corrected chi connectivity index (χ3v) is 3.51. The average molecular weight is 379 g/mol. The van der Waals surface area contributed by atoms with Gasteiger partial charge in [-0.3, -0.25) is 4.79 Å². The van der Waals surface area contributed by atoms with Gasteiger partial charge in [-0.1, -0.05) is 17.7 Å². The molecule has 1 aromatic heterocycles. The van der Waals surface area contributed by atoms with Crippen LogP contribution in [0.1, 0.15) is 10.4 Å². The number of carbonyl (C=O) groups is 1. The van der Waals surface area contributed by atoms with Gasteiger partial charge in [0.05, 0.1) is 11.3 Å². The highest BCUT2D eigenvalue weighted by Gasteiger charge is 2.14. The van der Waals surface area contributed by atoms with E-state index in [2.05, 4.69) is 20.6 Å². The van der Waals surface area contributed by atoms with Crippen molar-refractivity contribution in [3.05, 3.63) is 76.8 Å². The fourth-order valence-electron chi connectivity index (χ4n) is 2.02. The molecule has 1 heterocycles. The molecule has 0 aliphatic rings. The number of rotatable bonds is 4. The van der Waals surface area contributed by atoms with E-state index in [4.69, 9.17) is 11.6 Å². The van der Waals surface area contributed by atoms with Crippen LogP contribution in [-0.2, 0) is 0 Å². The number of nitrogens with zero attached hydrogens (tertiary/aromatic N) is 2. The Morgan fingerprint density at radius 3 is 2.42 bits per heavy atom. The Labute approximate surface area is 150 Å². The summed E-state index contributed by atoms with van der Waals surface area (Å²) in [4.78, 5) is 19.8. The molecule has 1 amide bonds. The lowest BCUT2D eigenvalue weighted by Gasteiger charge is -2.08. The quantitative estimate of drug-likeness (QED) is 0.654. The molecule has 2 N–H and O–H groups in total. The molecular weight excluding hydrogens is 369 g/mol. The van der Waals surface area contributed by atoms with Gasteiger partial charge in [0.15, 0.2) is 17.5 Å². The van der Waals surface area contributed by atoms with E-state index in [9.17, 15) is 18.0 Å². The number of hydrogen-bond donors (Lipinski definition) is 2. The lowest BCUT2D eigenvalue weighted by molar-refractivity contribution is 0.102. The van der Waals surface area contributed by atoms with Crippen LogP contribution < -0.4 is 10.6 Å². The van der Waals surface area contributed by atoms with Crippen molar-refractivity contribution < 1.29 is 18.0 Å². The molecule has 26 heavy (non-hydrogen) atoms. The standard InChI is InChI=1S/C17H10ClF3N4O/c18-10-2-1-3-11(6-10)24-16(26)9-7-22-17(23-8-9)25-13-5-4-12(19)14(20)15(13)21/h1-8H,(H,24,26)(H,22,23,25). The SMILES string of the molecule is O=C(Nc1cccc(Cl)c1)c1cnc(Nc2ccc(F)c(F)c2F)nc1. The first-order valence-electron chi connectivity index (χ1n) is 7.23. The molecule has 3 rings (SSSR count). The second-order valence-corrected chi connectivity index (χ2v) is 5.54. The third-order valence-electron chi connectivity index (χ3n) is 3.28. The molecule has 132 valence electrons. The molecule has 3 aromatic rings. The molecule has 0 atom stereocenters. The number of anilines is 3. The smallest absolute Gasteiger partial charge is 0.258 e. The van der Waals surface area contributed by atoms with Crippen LogP contribution in [0.2, 0.25) is 5.02 Å². The topological polar surface area (TPSA) is 66.9 Å². The van der Waals surface area contributed by atoms with Gasteiger partial charge in [-0.25, -0.2) is 23.1 Å². The summed E-state index contributed by atoms with van der Waals surface area (Å²) in [5.74, 6) is -4.86. The predicted molar refractivity (Wildman–Crippen MR) is 91.0 cm³/mol. The minimum atomic E-state index is -1.60. The van der Waals surface area contributed by atoms with Gasteiger partial charge in [-0.2, -0.15) is 0 Å². The van der Waals surface area contributed by atoms with Gasteiger partial charge in [0.25, 0.3) is 5.91 Å². The molecule has 0 aliphatic carbocycles. The van der Waals surface area contributed by atoms with Crippen LogP contribution in [0.4, 0.5) is 30.5 Å². The van der Waals surface area contributed by atoms with Crippen molar-refractivity contribution in [3.63, 3.8) is 0 Å². The first-order chi connectivity index (χ1) is 12.4. The second kappa shape index (κ2) is 7.40. The fraction of sp³-hybridized carbons (Fsp3) is 0. The third kappa shape index (κ3) is 3.92. The number of hydrogen-bond acceptors (Lipinski definition) is 4. The van der Waals surface area contributed by atoms with E-state index in [0.29, 0.717) is 10.7 Å². The maximum atomic E-state index is 13.6. The molecule has 0 spiro atoms. The van der Waals surface area contributed by atoms with Crippen LogP contribution in [0.15, 0.2) is 48.8 Å². The zero-order chi connectivity index (χ0) is 18.7. The lowest BCUT2D eigenvalue weighted by Crippen LogP contribution is -2.13. The number of aromatic nitrogens is 2. The first-order valence-corrected chi connectivity index (χ1v) is 7.61. The molecule has 0 radical (unpaired) electrons. The summed E-state index contributed by atoms with van der Waals surface area (Å²) in [6.07, 6.45) is 2.40. The van der Waals surface area contributed by atoms with Gasteiger partial charge in [0, 0.05) is 23.1 Å². The highest BCUT2D eigenvalue weighted by atomic mass is 35.5. The minimum Gasteiger partial charge on any atom is -0.322 e. The number of carbonyl (C=O) groups excluding carboxylic acids is 1. The molecule has 0 unspecified atom stereocenters. The molecule has 5 nitrogen and oxygen atoms in total. The normalized spacial score (nSPS) is 10.5. The van der Waals surface area contributed by atoms with Crippen LogP contribution in [0.5, 0.6) is 0 Å². The Hall–Kier alpha value is -3.13. The summed E-state index contributed by atoms with van der Waals surface area (Å²) in [5, 5.41) is 5.49. The molecule has 2 aromatic carbocycles. The van der Waals surface area contributed by atoms with E-state index < -0.39 is 23.4 Å².